The molecule has 5 aromatic rings. The van der Waals surface area contributed by atoms with Crippen LogP contribution in [-0.4, -0.2) is 31.0 Å². The van der Waals surface area contributed by atoms with E-state index in [0.29, 0.717) is 16.9 Å². The molecule has 3 atom stereocenters. The molecule has 8 nitrogen and oxygen atoms in total. The summed E-state index contributed by atoms with van der Waals surface area (Å²) in [5, 5.41) is 3.27. The molecule has 0 radical (unpaired) electrons. The molecule has 9 heteroatoms. The second kappa shape index (κ2) is 10.9. The Morgan fingerprint density at radius 2 is 1.52 bits per heavy atom. The van der Waals surface area contributed by atoms with Crippen molar-refractivity contribution in [1.29, 1.82) is 0 Å². The quantitative estimate of drug-likeness (QED) is 0.132. The van der Waals surface area contributed by atoms with Crippen LogP contribution in [0.1, 0.15) is 22.0 Å². The third-order valence-electron chi connectivity index (χ3n) is 7.95. The lowest BCUT2D eigenvalue weighted by molar-refractivity contribution is -0.126. The first-order valence-electron chi connectivity index (χ1n) is 14.0. The van der Waals surface area contributed by atoms with Crippen molar-refractivity contribution in [2.45, 2.75) is 12.1 Å². The molecule has 2 aliphatic heterocycles. The molecule has 0 spiro atoms. The summed E-state index contributed by atoms with van der Waals surface area (Å²) in [6, 6.07) is 31.5. The fraction of sp³-hybridized carbons (Fsp3) is 0.114. The van der Waals surface area contributed by atoms with E-state index in [9.17, 15) is 18.8 Å². The van der Waals surface area contributed by atoms with E-state index in [4.69, 9.17) is 14.3 Å². The Balaban J connectivity index is 1.27. The molecule has 2 fully saturated rings. The van der Waals surface area contributed by atoms with Crippen molar-refractivity contribution in [2.24, 2.45) is 5.92 Å². The number of hydroxylamine groups is 1. The highest BCUT2D eigenvalue weighted by Crippen LogP contribution is 2.49. The van der Waals surface area contributed by atoms with Crippen LogP contribution in [0.15, 0.2) is 115 Å². The SMILES string of the molecule is COc1cc([C@@H]2[C@@H]3C(=O)N(c4cccc5ccccc45)C(=O)[C@H]3ON2c2ccccc2)ccc1OC(=O)c1ccc(F)cc1. The fourth-order valence-corrected chi connectivity index (χ4v) is 5.89. The lowest BCUT2D eigenvalue weighted by Gasteiger charge is -2.29. The zero-order chi connectivity index (χ0) is 30.4. The Hall–Kier alpha value is -5.54. The average molecular weight is 589 g/mol. The fourth-order valence-electron chi connectivity index (χ4n) is 5.89. The van der Waals surface area contributed by atoms with Gasteiger partial charge < -0.3 is 9.47 Å². The number of imide groups is 1. The number of para-hydroxylation sites is 1. The molecule has 2 heterocycles. The zero-order valence-corrected chi connectivity index (χ0v) is 23.4. The van der Waals surface area contributed by atoms with E-state index in [-0.39, 0.29) is 23.0 Å². The largest absolute Gasteiger partial charge is 0.493 e. The smallest absolute Gasteiger partial charge is 0.343 e. The third kappa shape index (κ3) is 4.54. The second-order valence-electron chi connectivity index (χ2n) is 10.5. The molecule has 2 amide bonds. The first-order valence-corrected chi connectivity index (χ1v) is 14.0. The number of anilines is 2. The Bertz CT molecular complexity index is 1910. The number of hydrogen-bond acceptors (Lipinski definition) is 7. The number of amides is 2. The van der Waals surface area contributed by atoms with Gasteiger partial charge in [0.05, 0.1) is 30.1 Å². The number of halogens is 1. The molecule has 7 rings (SSSR count). The van der Waals surface area contributed by atoms with E-state index in [1.54, 1.807) is 29.3 Å². The molecule has 0 N–H and O–H groups in total. The number of hydrogen-bond donors (Lipinski definition) is 0. The maximum absolute atomic E-state index is 14.2. The number of ether oxygens (including phenoxy) is 2. The summed E-state index contributed by atoms with van der Waals surface area (Å²) in [6.45, 7) is 0. The molecule has 218 valence electrons. The number of carbonyl (C=O) groups is 3. The number of fused-ring (bicyclic) bond motifs is 2. The van der Waals surface area contributed by atoms with Gasteiger partial charge in [-0.3, -0.25) is 14.4 Å². The van der Waals surface area contributed by atoms with Gasteiger partial charge in [0.25, 0.3) is 5.91 Å². The molecule has 0 saturated carbocycles. The van der Waals surface area contributed by atoms with Gasteiger partial charge >= 0.3 is 5.97 Å². The van der Waals surface area contributed by atoms with Crippen molar-refractivity contribution in [3.63, 3.8) is 0 Å². The van der Waals surface area contributed by atoms with E-state index < -0.39 is 35.8 Å². The van der Waals surface area contributed by atoms with Crippen LogP contribution in [0.2, 0.25) is 0 Å². The van der Waals surface area contributed by atoms with E-state index >= 15 is 0 Å². The van der Waals surface area contributed by atoms with E-state index in [0.717, 1.165) is 10.8 Å². The van der Waals surface area contributed by atoms with Gasteiger partial charge in [0, 0.05) is 5.39 Å². The summed E-state index contributed by atoms with van der Waals surface area (Å²) in [7, 11) is 1.43. The van der Waals surface area contributed by atoms with Crippen LogP contribution in [0.5, 0.6) is 11.5 Å². The Morgan fingerprint density at radius 3 is 2.30 bits per heavy atom. The van der Waals surface area contributed by atoms with Gasteiger partial charge in [0.15, 0.2) is 17.6 Å². The molecule has 2 aliphatic rings. The lowest BCUT2D eigenvalue weighted by atomic mass is 9.90. The van der Waals surface area contributed by atoms with E-state index in [2.05, 4.69) is 0 Å². The highest BCUT2D eigenvalue weighted by atomic mass is 19.1. The Morgan fingerprint density at radius 1 is 0.795 bits per heavy atom. The minimum atomic E-state index is -1.06. The summed E-state index contributed by atoms with van der Waals surface area (Å²) in [5.41, 5.74) is 1.95. The van der Waals surface area contributed by atoms with Crippen molar-refractivity contribution in [2.75, 3.05) is 17.1 Å². The molecule has 0 aliphatic carbocycles. The van der Waals surface area contributed by atoms with Crippen molar-refractivity contribution >= 4 is 39.9 Å². The maximum Gasteiger partial charge on any atom is 0.343 e. The van der Waals surface area contributed by atoms with Gasteiger partial charge in [-0.15, -0.1) is 0 Å². The standard InChI is InChI=1S/C35H25FN2O6/c1-42-29-20-23(16-19-28(29)43-35(41)22-14-17-24(36)18-15-22)31-30-32(44-38(31)25-10-3-2-4-11-25)34(40)37(33(30)39)27-13-7-9-21-8-5-6-12-26(21)27/h2-20,30-32H,1H3/t30-,31+,32-/m0/s1. The first kappa shape index (κ1) is 27.3. The molecule has 0 aromatic heterocycles. The Kier molecular flexibility index (Phi) is 6.79. The van der Waals surface area contributed by atoms with Crippen LogP contribution in [0.25, 0.3) is 10.8 Å². The monoisotopic (exact) mass is 588 g/mol. The first-order chi connectivity index (χ1) is 21.4. The molecular formula is C35H25FN2O6. The maximum atomic E-state index is 14.2. The van der Waals surface area contributed by atoms with E-state index in [1.807, 2.05) is 66.7 Å². The Labute approximate surface area is 251 Å². The van der Waals surface area contributed by atoms with Crippen molar-refractivity contribution in [1.82, 2.24) is 0 Å². The second-order valence-corrected chi connectivity index (χ2v) is 10.5. The number of esters is 1. The number of nitrogens with zero attached hydrogens (tertiary/aromatic N) is 2. The predicted molar refractivity (Wildman–Crippen MR) is 161 cm³/mol. The summed E-state index contributed by atoms with van der Waals surface area (Å²) in [4.78, 5) is 48.4. The lowest BCUT2D eigenvalue weighted by Crippen LogP contribution is -2.37. The van der Waals surface area contributed by atoms with Crippen LogP contribution in [0, 0.1) is 11.7 Å². The molecule has 44 heavy (non-hydrogen) atoms. The predicted octanol–water partition coefficient (Wildman–Crippen LogP) is 6.26. The van der Waals surface area contributed by atoms with Gasteiger partial charge in [0.1, 0.15) is 11.7 Å². The van der Waals surface area contributed by atoms with Crippen molar-refractivity contribution < 1.29 is 33.1 Å². The van der Waals surface area contributed by atoms with Gasteiger partial charge in [-0.25, -0.2) is 19.1 Å². The van der Waals surface area contributed by atoms with Crippen LogP contribution in [0.4, 0.5) is 15.8 Å². The molecular weight excluding hydrogens is 563 g/mol. The average Bonchev–Trinajstić information content (AvgIpc) is 3.57. The third-order valence-corrected chi connectivity index (χ3v) is 7.95. The summed E-state index contributed by atoms with van der Waals surface area (Å²) in [6.07, 6.45) is -1.06. The van der Waals surface area contributed by atoms with Crippen LogP contribution in [0.3, 0.4) is 0 Å². The molecule has 5 aromatic carbocycles. The van der Waals surface area contributed by atoms with Gasteiger partial charge in [-0.05, 0) is 65.5 Å². The van der Waals surface area contributed by atoms with Gasteiger partial charge in [-0.2, -0.15) is 0 Å². The number of rotatable bonds is 6. The minimum absolute atomic E-state index is 0.138. The minimum Gasteiger partial charge on any atom is -0.493 e. The van der Waals surface area contributed by atoms with E-state index in [1.165, 1.54) is 36.3 Å². The van der Waals surface area contributed by atoms with Crippen LogP contribution in [-0.2, 0) is 14.4 Å². The number of methoxy groups -OCH3 is 1. The molecule has 0 unspecified atom stereocenters. The topological polar surface area (TPSA) is 85.4 Å². The summed E-state index contributed by atoms with van der Waals surface area (Å²) >= 11 is 0. The van der Waals surface area contributed by atoms with Crippen LogP contribution < -0.4 is 19.4 Å². The highest BCUT2D eigenvalue weighted by molar-refractivity contribution is 6.26. The normalized spacial score (nSPS) is 19.4. The number of carbonyl (C=O) groups excluding carboxylic acids is 3. The van der Waals surface area contributed by atoms with Crippen LogP contribution >= 0.6 is 0 Å². The highest BCUT2D eigenvalue weighted by Gasteiger charge is 2.60. The molecule has 2 saturated heterocycles. The van der Waals surface area contributed by atoms with Gasteiger partial charge in [-0.1, -0.05) is 60.7 Å². The number of benzene rings is 5. The summed E-state index contributed by atoms with van der Waals surface area (Å²) in [5.74, 6) is -2.49. The summed E-state index contributed by atoms with van der Waals surface area (Å²) < 4.78 is 24.5. The van der Waals surface area contributed by atoms with Gasteiger partial charge in [0.2, 0.25) is 5.91 Å². The van der Waals surface area contributed by atoms with Crippen molar-refractivity contribution in [3.05, 3.63) is 132 Å². The zero-order valence-electron chi connectivity index (χ0n) is 23.4. The van der Waals surface area contributed by atoms with Crippen molar-refractivity contribution in [3.8, 4) is 11.5 Å². The molecule has 0 bridgehead atoms.